The van der Waals surface area contributed by atoms with Crippen LogP contribution in [-0.4, -0.2) is 40.1 Å². The zero-order chi connectivity index (χ0) is 15.5. The summed E-state index contributed by atoms with van der Waals surface area (Å²) in [7, 11) is 2.13. The third kappa shape index (κ3) is 2.77. The number of benzene rings is 1. The Morgan fingerprint density at radius 2 is 2.14 bits per heavy atom. The van der Waals surface area contributed by atoms with Gasteiger partial charge in [-0.15, -0.1) is 0 Å². The predicted molar refractivity (Wildman–Crippen MR) is 92.0 cm³/mol. The molecule has 4 heteroatoms. The van der Waals surface area contributed by atoms with Gasteiger partial charge in [0.25, 0.3) is 0 Å². The van der Waals surface area contributed by atoms with E-state index in [1.54, 1.807) is 0 Å². The van der Waals surface area contributed by atoms with E-state index >= 15 is 0 Å². The SMILES string of the molecule is CCCN1CCCCC1C(CN)c1nc2ccccc2n1C. The lowest BCUT2D eigenvalue weighted by molar-refractivity contribution is 0.124. The van der Waals surface area contributed by atoms with Crippen molar-refractivity contribution in [3.8, 4) is 0 Å². The van der Waals surface area contributed by atoms with Gasteiger partial charge in [0, 0.05) is 25.6 Å². The van der Waals surface area contributed by atoms with Crippen LogP contribution < -0.4 is 5.73 Å². The average Bonchev–Trinajstić information content (AvgIpc) is 2.88. The molecule has 2 atom stereocenters. The third-order valence-corrected chi connectivity index (χ3v) is 5.05. The Hall–Kier alpha value is -1.39. The molecule has 1 aromatic carbocycles. The van der Waals surface area contributed by atoms with E-state index in [1.807, 2.05) is 0 Å². The van der Waals surface area contributed by atoms with E-state index in [2.05, 4.69) is 47.7 Å². The number of imidazole rings is 1. The summed E-state index contributed by atoms with van der Waals surface area (Å²) in [4.78, 5) is 7.55. The largest absolute Gasteiger partial charge is 0.331 e. The Morgan fingerprint density at radius 1 is 1.32 bits per heavy atom. The summed E-state index contributed by atoms with van der Waals surface area (Å²) < 4.78 is 2.24. The molecule has 1 aliphatic rings. The van der Waals surface area contributed by atoms with Crippen molar-refractivity contribution < 1.29 is 0 Å². The lowest BCUT2D eigenvalue weighted by Gasteiger charge is -2.39. The van der Waals surface area contributed by atoms with Gasteiger partial charge < -0.3 is 10.3 Å². The Morgan fingerprint density at radius 3 is 2.86 bits per heavy atom. The highest BCUT2D eigenvalue weighted by molar-refractivity contribution is 5.75. The van der Waals surface area contributed by atoms with E-state index in [0.717, 1.165) is 11.3 Å². The van der Waals surface area contributed by atoms with Crippen LogP contribution in [0.5, 0.6) is 0 Å². The first-order valence-corrected chi connectivity index (χ1v) is 8.61. The lowest BCUT2D eigenvalue weighted by Crippen LogP contribution is -2.46. The molecule has 2 N–H and O–H groups in total. The number of aromatic nitrogens is 2. The number of hydrogen-bond acceptors (Lipinski definition) is 3. The molecule has 3 rings (SSSR count). The van der Waals surface area contributed by atoms with E-state index < -0.39 is 0 Å². The quantitative estimate of drug-likeness (QED) is 0.923. The molecule has 0 radical (unpaired) electrons. The van der Waals surface area contributed by atoms with Gasteiger partial charge in [0.2, 0.25) is 0 Å². The normalized spacial score (nSPS) is 21.3. The van der Waals surface area contributed by atoms with Gasteiger partial charge in [-0.2, -0.15) is 0 Å². The van der Waals surface area contributed by atoms with Crippen LogP contribution in [0.15, 0.2) is 24.3 Å². The van der Waals surface area contributed by atoms with Crippen molar-refractivity contribution in [1.82, 2.24) is 14.5 Å². The zero-order valence-electron chi connectivity index (χ0n) is 13.8. The Bertz CT molecular complexity index is 617. The zero-order valence-corrected chi connectivity index (χ0v) is 13.8. The summed E-state index contributed by atoms with van der Waals surface area (Å²) in [5.74, 6) is 1.47. The number of rotatable bonds is 5. The van der Waals surface area contributed by atoms with Gasteiger partial charge in [0.1, 0.15) is 5.82 Å². The van der Waals surface area contributed by atoms with Crippen LogP contribution in [-0.2, 0) is 7.05 Å². The van der Waals surface area contributed by atoms with Gasteiger partial charge in [-0.25, -0.2) is 4.98 Å². The molecule has 1 saturated heterocycles. The van der Waals surface area contributed by atoms with Crippen molar-refractivity contribution in [3.63, 3.8) is 0 Å². The molecule has 2 heterocycles. The molecule has 1 fully saturated rings. The molecule has 0 saturated carbocycles. The molecular formula is C18H28N4. The summed E-state index contributed by atoms with van der Waals surface area (Å²) in [6, 6.07) is 8.91. The van der Waals surface area contributed by atoms with Crippen molar-refractivity contribution in [2.24, 2.45) is 12.8 Å². The highest BCUT2D eigenvalue weighted by Crippen LogP contribution is 2.31. The second kappa shape index (κ2) is 6.80. The van der Waals surface area contributed by atoms with Crippen LogP contribution in [0.3, 0.4) is 0 Å². The van der Waals surface area contributed by atoms with Crippen LogP contribution in [0.1, 0.15) is 44.3 Å². The number of para-hydroxylation sites is 2. The second-order valence-electron chi connectivity index (χ2n) is 6.46. The number of hydrogen-bond donors (Lipinski definition) is 1. The standard InChI is InChI=1S/C18H28N4/c1-3-11-22-12-7-6-9-16(22)14(13-19)18-20-15-8-4-5-10-17(15)21(18)2/h4-5,8,10,14,16H,3,6-7,9,11-13,19H2,1-2H3. The minimum Gasteiger partial charge on any atom is -0.331 e. The smallest absolute Gasteiger partial charge is 0.115 e. The molecule has 0 amide bonds. The molecule has 120 valence electrons. The predicted octanol–water partition coefficient (Wildman–Crippen LogP) is 2.88. The monoisotopic (exact) mass is 300 g/mol. The van der Waals surface area contributed by atoms with Crippen LogP contribution in [0.25, 0.3) is 11.0 Å². The molecule has 4 nitrogen and oxygen atoms in total. The summed E-state index contributed by atoms with van der Waals surface area (Å²) in [6.45, 7) is 5.31. The molecule has 2 aromatic rings. The van der Waals surface area contributed by atoms with E-state index in [1.165, 1.54) is 44.3 Å². The van der Waals surface area contributed by atoms with Crippen molar-refractivity contribution in [1.29, 1.82) is 0 Å². The number of fused-ring (bicyclic) bond motifs is 1. The van der Waals surface area contributed by atoms with Gasteiger partial charge in [0.05, 0.1) is 11.0 Å². The van der Waals surface area contributed by atoms with Crippen LogP contribution in [0.4, 0.5) is 0 Å². The van der Waals surface area contributed by atoms with E-state index in [0.29, 0.717) is 18.5 Å². The third-order valence-electron chi connectivity index (χ3n) is 5.05. The topological polar surface area (TPSA) is 47.1 Å². The van der Waals surface area contributed by atoms with Gasteiger partial charge in [-0.05, 0) is 44.5 Å². The molecule has 0 spiro atoms. The summed E-state index contributed by atoms with van der Waals surface area (Å²) in [5, 5.41) is 0. The fraction of sp³-hybridized carbons (Fsp3) is 0.611. The maximum atomic E-state index is 6.20. The molecule has 0 bridgehead atoms. The summed E-state index contributed by atoms with van der Waals surface area (Å²) in [6.07, 6.45) is 5.07. The van der Waals surface area contributed by atoms with Crippen molar-refractivity contribution in [2.75, 3.05) is 19.6 Å². The van der Waals surface area contributed by atoms with Gasteiger partial charge in [-0.3, -0.25) is 4.90 Å². The molecule has 1 aromatic heterocycles. The van der Waals surface area contributed by atoms with Crippen molar-refractivity contribution in [3.05, 3.63) is 30.1 Å². The molecule has 2 unspecified atom stereocenters. The minimum absolute atomic E-state index is 0.323. The first-order chi connectivity index (χ1) is 10.8. The van der Waals surface area contributed by atoms with E-state index in [9.17, 15) is 0 Å². The second-order valence-corrected chi connectivity index (χ2v) is 6.46. The fourth-order valence-corrected chi connectivity index (χ4v) is 3.97. The highest BCUT2D eigenvalue weighted by atomic mass is 15.2. The molecule has 22 heavy (non-hydrogen) atoms. The van der Waals surface area contributed by atoms with E-state index in [4.69, 9.17) is 10.7 Å². The Kier molecular flexibility index (Phi) is 4.79. The lowest BCUT2D eigenvalue weighted by atomic mass is 9.89. The Labute approximate surface area is 133 Å². The molecule has 1 aliphatic heterocycles. The van der Waals surface area contributed by atoms with Gasteiger partial charge >= 0.3 is 0 Å². The summed E-state index contributed by atoms with van der Waals surface area (Å²) in [5.41, 5.74) is 8.49. The van der Waals surface area contributed by atoms with Crippen molar-refractivity contribution >= 4 is 11.0 Å². The first kappa shape index (κ1) is 15.5. The average molecular weight is 300 g/mol. The number of likely N-dealkylation sites (tertiary alicyclic amines) is 1. The number of aryl methyl sites for hydroxylation is 1. The maximum Gasteiger partial charge on any atom is 0.115 e. The van der Waals surface area contributed by atoms with Gasteiger partial charge in [0.15, 0.2) is 0 Å². The highest BCUT2D eigenvalue weighted by Gasteiger charge is 2.32. The van der Waals surface area contributed by atoms with E-state index in [-0.39, 0.29) is 0 Å². The number of piperidine rings is 1. The maximum absolute atomic E-state index is 6.20. The minimum atomic E-state index is 0.323. The van der Waals surface area contributed by atoms with Crippen LogP contribution in [0.2, 0.25) is 0 Å². The van der Waals surface area contributed by atoms with Gasteiger partial charge in [-0.1, -0.05) is 25.5 Å². The molecular weight excluding hydrogens is 272 g/mol. The first-order valence-electron chi connectivity index (χ1n) is 8.61. The number of nitrogens with zero attached hydrogens (tertiary/aromatic N) is 3. The van der Waals surface area contributed by atoms with Crippen LogP contribution in [0, 0.1) is 0 Å². The van der Waals surface area contributed by atoms with Crippen LogP contribution >= 0.6 is 0 Å². The Balaban J connectivity index is 1.96. The molecule has 0 aliphatic carbocycles. The summed E-state index contributed by atoms with van der Waals surface area (Å²) >= 11 is 0. The number of nitrogens with two attached hydrogens (primary N) is 1. The van der Waals surface area contributed by atoms with Crippen molar-refractivity contribution in [2.45, 2.75) is 44.6 Å². The fourth-order valence-electron chi connectivity index (χ4n) is 3.97.